The molecular weight excluding hydrogens is 831 g/mol. The van der Waals surface area contributed by atoms with Gasteiger partial charge in [0.15, 0.2) is 0 Å². The Morgan fingerprint density at radius 2 is 0.662 bits per heavy atom. The van der Waals surface area contributed by atoms with E-state index in [9.17, 15) is 15.0 Å². The molecule has 4 heteroatoms. The maximum atomic E-state index is 12.5. The van der Waals surface area contributed by atoms with Crippen molar-refractivity contribution in [3.8, 4) is 0 Å². The minimum Gasteiger partial charge on any atom is -0.394 e. The molecule has 0 heterocycles. The van der Waals surface area contributed by atoms with Gasteiger partial charge >= 0.3 is 0 Å². The lowest BCUT2D eigenvalue weighted by molar-refractivity contribution is -0.123. The van der Waals surface area contributed by atoms with E-state index in [-0.39, 0.29) is 12.5 Å². The molecule has 0 aromatic carbocycles. The lowest BCUT2D eigenvalue weighted by atomic mass is 10.1. The number of nitrogens with one attached hydrogen (secondary N) is 1. The fourth-order valence-electron chi connectivity index (χ4n) is 7.30. The second-order valence-electron chi connectivity index (χ2n) is 17.9. The predicted molar refractivity (Wildman–Crippen MR) is 303 cm³/mol. The zero-order chi connectivity index (χ0) is 49.2. The van der Waals surface area contributed by atoms with Crippen molar-refractivity contribution in [2.24, 2.45) is 0 Å². The first-order valence-electron chi connectivity index (χ1n) is 27.7. The molecule has 0 bridgehead atoms. The van der Waals surface area contributed by atoms with Crippen LogP contribution in [0.15, 0.2) is 158 Å². The molecule has 68 heavy (non-hydrogen) atoms. The number of hydrogen-bond acceptors (Lipinski definition) is 3. The molecule has 4 nitrogen and oxygen atoms in total. The van der Waals surface area contributed by atoms with Crippen molar-refractivity contribution >= 4 is 5.91 Å². The second kappa shape index (κ2) is 57.3. The van der Waals surface area contributed by atoms with Gasteiger partial charge in [0.2, 0.25) is 5.91 Å². The minimum absolute atomic E-state index is 0.0996. The summed E-state index contributed by atoms with van der Waals surface area (Å²) < 4.78 is 0. The number of amides is 1. The van der Waals surface area contributed by atoms with Crippen molar-refractivity contribution in [2.45, 2.75) is 231 Å². The highest BCUT2D eigenvalue weighted by Gasteiger charge is 2.17. The minimum atomic E-state index is -0.889. The van der Waals surface area contributed by atoms with E-state index in [1.54, 1.807) is 6.08 Å². The first-order chi connectivity index (χ1) is 33.7. The number of unbranched alkanes of at least 4 members (excludes halogenated alkanes) is 17. The summed E-state index contributed by atoms with van der Waals surface area (Å²) in [6, 6.07) is -0.666. The third-order valence-corrected chi connectivity index (χ3v) is 11.5. The summed E-state index contributed by atoms with van der Waals surface area (Å²) in [5.74, 6) is -0.0996. The van der Waals surface area contributed by atoms with E-state index in [1.165, 1.54) is 83.5 Å². The van der Waals surface area contributed by atoms with Crippen LogP contribution < -0.4 is 5.32 Å². The van der Waals surface area contributed by atoms with E-state index in [4.69, 9.17) is 0 Å². The third kappa shape index (κ3) is 53.0. The number of carbonyl (C=O) groups is 1. The van der Waals surface area contributed by atoms with Crippen molar-refractivity contribution in [3.63, 3.8) is 0 Å². The number of rotatable bonds is 48. The zero-order valence-corrected chi connectivity index (χ0v) is 43.8. The van der Waals surface area contributed by atoms with Crippen molar-refractivity contribution in [2.75, 3.05) is 6.61 Å². The van der Waals surface area contributed by atoms with E-state index < -0.39 is 12.1 Å². The predicted octanol–water partition coefficient (Wildman–Crippen LogP) is 18.6. The van der Waals surface area contributed by atoms with Crippen LogP contribution in [0.5, 0.6) is 0 Å². The van der Waals surface area contributed by atoms with E-state index in [1.807, 2.05) is 6.08 Å². The SMILES string of the molecule is CC/C=C\C/C=C\C/C=C\C/C=C\C/C=C\C/C=C\C/C=C\C/C=C\C/C=C\C/C=C\CCCCCCCCC(=O)NC(CO)C(O)/C=C/CC/C=C/CC/C=C/CCCCCCCCCCC. The van der Waals surface area contributed by atoms with Crippen molar-refractivity contribution in [3.05, 3.63) is 158 Å². The molecule has 0 saturated heterocycles. The van der Waals surface area contributed by atoms with E-state index in [0.29, 0.717) is 6.42 Å². The van der Waals surface area contributed by atoms with Gasteiger partial charge in [0.1, 0.15) is 0 Å². The molecule has 0 rings (SSSR count). The Morgan fingerprint density at radius 3 is 1.03 bits per heavy atom. The maximum Gasteiger partial charge on any atom is 0.220 e. The summed E-state index contributed by atoms with van der Waals surface area (Å²) >= 11 is 0. The Kier molecular flexibility index (Phi) is 54.0. The first kappa shape index (κ1) is 64.0. The average Bonchev–Trinajstić information content (AvgIpc) is 3.34. The summed E-state index contributed by atoms with van der Waals surface area (Å²) in [5.41, 5.74) is 0. The summed E-state index contributed by atoms with van der Waals surface area (Å²) in [5, 5.41) is 23.1. The molecule has 0 aliphatic rings. The van der Waals surface area contributed by atoms with Crippen LogP contribution in [0.25, 0.3) is 0 Å². The summed E-state index contributed by atoms with van der Waals surface area (Å²) in [7, 11) is 0. The standard InChI is InChI=1S/C64H103NO3/c1-3-5-7-9-11-13-15-17-19-21-23-24-25-26-27-28-29-30-31-32-33-34-35-36-37-38-39-40-42-44-46-48-50-52-54-56-58-60-64(68)65-62(61-66)63(67)59-57-55-53-51-49-47-45-43-41-22-20-18-16-14-12-10-8-6-4-2/h5,7,11,13,17,19,23-24,26-27,29-30,32-33,35-36,38-39,41-44,49,51,57,59,62-63,66-67H,3-4,6,8-10,12,14-16,18,20-22,25,28,31,34,37,40,45-48,50,52-56,58,60-61H2,1-2H3,(H,65,68)/b7-5-,13-11-,19-17-,24-23-,27-26-,30-29-,33-32-,36-35-,39-38-,43-41+,44-42-,51-49+,59-57+. The number of carbonyl (C=O) groups excluding carboxylic acids is 1. The molecule has 382 valence electrons. The average molecular weight is 935 g/mol. The number of allylic oxidation sites excluding steroid dienone is 25. The Hall–Kier alpha value is -3.99. The van der Waals surface area contributed by atoms with Crippen LogP contribution in [-0.2, 0) is 4.79 Å². The Labute approximate surface area is 420 Å². The number of aliphatic hydroxyl groups is 2. The number of hydrogen-bond donors (Lipinski definition) is 3. The van der Waals surface area contributed by atoms with Crippen LogP contribution >= 0.6 is 0 Å². The zero-order valence-electron chi connectivity index (χ0n) is 43.8. The maximum absolute atomic E-state index is 12.5. The van der Waals surface area contributed by atoms with Gasteiger partial charge in [0, 0.05) is 6.42 Å². The molecule has 0 aliphatic carbocycles. The Morgan fingerprint density at radius 1 is 0.368 bits per heavy atom. The first-order valence-corrected chi connectivity index (χ1v) is 27.7. The number of aliphatic hydroxyl groups excluding tert-OH is 2. The summed E-state index contributed by atoms with van der Waals surface area (Å²) in [4.78, 5) is 12.5. The molecule has 2 atom stereocenters. The van der Waals surface area contributed by atoms with Gasteiger partial charge in [-0.05, 0) is 122 Å². The normalized spacial score (nSPS) is 14.1. The van der Waals surface area contributed by atoms with Gasteiger partial charge in [0.05, 0.1) is 18.8 Å². The van der Waals surface area contributed by atoms with Crippen LogP contribution in [0.1, 0.15) is 219 Å². The molecule has 2 unspecified atom stereocenters. The second-order valence-corrected chi connectivity index (χ2v) is 17.9. The monoisotopic (exact) mass is 934 g/mol. The molecule has 0 aromatic rings. The topological polar surface area (TPSA) is 69.6 Å². The van der Waals surface area contributed by atoms with E-state index in [2.05, 4.69) is 165 Å². The van der Waals surface area contributed by atoms with Crippen molar-refractivity contribution in [1.29, 1.82) is 0 Å². The van der Waals surface area contributed by atoms with Gasteiger partial charge in [-0.15, -0.1) is 0 Å². The smallest absolute Gasteiger partial charge is 0.220 e. The largest absolute Gasteiger partial charge is 0.394 e. The molecule has 0 radical (unpaired) electrons. The molecule has 0 spiro atoms. The lowest BCUT2D eigenvalue weighted by Crippen LogP contribution is -2.45. The van der Waals surface area contributed by atoms with E-state index >= 15 is 0 Å². The fourth-order valence-corrected chi connectivity index (χ4v) is 7.30. The molecule has 1 amide bonds. The van der Waals surface area contributed by atoms with Crippen LogP contribution in [-0.4, -0.2) is 34.9 Å². The molecule has 0 aromatic heterocycles. The van der Waals surface area contributed by atoms with Gasteiger partial charge in [0.25, 0.3) is 0 Å². The van der Waals surface area contributed by atoms with Gasteiger partial charge in [-0.3, -0.25) is 4.79 Å². The van der Waals surface area contributed by atoms with Crippen LogP contribution in [0.2, 0.25) is 0 Å². The molecular formula is C64H103NO3. The van der Waals surface area contributed by atoms with Gasteiger partial charge < -0.3 is 15.5 Å². The summed E-state index contributed by atoms with van der Waals surface area (Å²) in [6.45, 7) is 4.16. The molecule has 0 saturated carbocycles. The molecule has 0 fully saturated rings. The highest BCUT2D eigenvalue weighted by Crippen LogP contribution is 2.12. The fraction of sp³-hybridized carbons (Fsp3) is 0.578. The van der Waals surface area contributed by atoms with Crippen molar-refractivity contribution < 1.29 is 15.0 Å². The quantitative estimate of drug-likeness (QED) is 0.0421. The van der Waals surface area contributed by atoms with Crippen LogP contribution in [0.4, 0.5) is 0 Å². The van der Waals surface area contributed by atoms with E-state index in [0.717, 1.165) is 116 Å². The lowest BCUT2D eigenvalue weighted by Gasteiger charge is -2.19. The van der Waals surface area contributed by atoms with Crippen LogP contribution in [0, 0.1) is 0 Å². The van der Waals surface area contributed by atoms with Gasteiger partial charge in [-0.2, -0.15) is 0 Å². The van der Waals surface area contributed by atoms with Crippen LogP contribution in [0.3, 0.4) is 0 Å². The third-order valence-electron chi connectivity index (χ3n) is 11.5. The Bertz CT molecular complexity index is 1480. The van der Waals surface area contributed by atoms with Crippen molar-refractivity contribution in [1.82, 2.24) is 5.32 Å². The summed E-state index contributed by atoms with van der Waals surface area (Å²) in [6.07, 6.45) is 92.4. The molecule has 0 aliphatic heterocycles. The van der Waals surface area contributed by atoms with Gasteiger partial charge in [-0.25, -0.2) is 0 Å². The Balaban J connectivity index is 3.72. The molecule has 3 N–H and O–H groups in total. The highest BCUT2D eigenvalue weighted by atomic mass is 16.3. The van der Waals surface area contributed by atoms with Gasteiger partial charge in [-0.1, -0.05) is 249 Å². The highest BCUT2D eigenvalue weighted by molar-refractivity contribution is 5.76.